The fraction of sp³-hybridized carbons (Fsp3) is 1.00. The van der Waals surface area contributed by atoms with Gasteiger partial charge in [-0.3, -0.25) is 5.32 Å². The minimum Gasteiger partial charge on any atom is -0.354 e. The summed E-state index contributed by atoms with van der Waals surface area (Å²) in [6.45, 7) is 3.63. The van der Waals surface area contributed by atoms with Crippen molar-refractivity contribution in [2.75, 3.05) is 6.54 Å². The standard InChI is InChI=1S/C16H27NO/c1-13-4-10-16(11-5-13)17-12-14(6-2-7-14)15(18-16)8-3-9-15/h13,17H,2-12H2,1H3. The summed E-state index contributed by atoms with van der Waals surface area (Å²) in [6.07, 6.45) is 13.5. The van der Waals surface area contributed by atoms with Crippen LogP contribution in [0.5, 0.6) is 0 Å². The van der Waals surface area contributed by atoms with E-state index in [0.717, 1.165) is 5.92 Å². The van der Waals surface area contributed by atoms with Crippen molar-refractivity contribution < 1.29 is 4.74 Å². The Balaban J connectivity index is 1.56. The van der Waals surface area contributed by atoms with Crippen molar-refractivity contribution in [2.24, 2.45) is 11.3 Å². The average Bonchev–Trinajstić information content (AvgIpc) is 2.29. The predicted octanol–water partition coefficient (Wildman–Crippen LogP) is 3.61. The van der Waals surface area contributed by atoms with Crippen LogP contribution >= 0.6 is 0 Å². The third-order valence-corrected chi connectivity index (χ3v) is 6.66. The molecular weight excluding hydrogens is 222 g/mol. The van der Waals surface area contributed by atoms with Crippen molar-refractivity contribution in [3.05, 3.63) is 0 Å². The van der Waals surface area contributed by atoms with Gasteiger partial charge < -0.3 is 4.74 Å². The molecule has 4 fully saturated rings. The van der Waals surface area contributed by atoms with Crippen LogP contribution in [0.4, 0.5) is 0 Å². The summed E-state index contributed by atoms with van der Waals surface area (Å²) < 4.78 is 6.83. The number of fused-ring (bicyclic) bond motifs is 1. The molecule has 0 aromatic carbocycles. The molecule has 0 amide bonds. The smallest absolute Gasteiger partial charge is 0.120 e. The van der Waals surface area contributed by atoms with E-state index in [-0.39, 0.29) is 11.3 Å². The summed E-state index contributed by atoms with van der Waals surface area (Å²) in [5, 5.41) is 3.85. The zero-order chi connectivity index (χ0) is 12.3. The molecule has 0 atom stereocenters. The van der Waals surface area contributed by atoms with Crippen molar-refractivity contribution in [2.45, 2.75) is 82.5 Å². The maximum absolute atomic E-state index is 6.83. The van der Waals surface area contributed by atoms with Crippen LogP contribution in [0.3, 0.4) is 0 Å². The Bertz CT molecular complexity index is 335. The van der Waals surface area contributed by atoms with Gasteiger partial charge in [0.05, 0.1) is 5.60 Å². The van der Waals surface area contributed by atoms with E-state index in [0.29, 0.717) is 5.41 Å². The first-order valence-electron chi connectivity index (χ1n) is 8.13. The topological polar surface area (TPSA) is 21.3 Å². The van der Waals surface area contributed by atoms with Crippen LogP contribution in [-0.2, 0) is 4.74 Å². The van der Waals surface area contributed by atoms with Crippen LogP contribution in [0, 0.1) is 11.3 Å². The number of nitrogens with one attached hydrogen (secondary N) is 1. The Hall–Kier alpha value is -0.0800. The molecule has 0 radical (unpaired) electrons. The van der Waals surface area contributed by atoms with Crippen molar-refractivity contribution in [1.29, 1.82) is 0 Å². The van der Waals surface area contributed by atoms with Gasteiger partial charge in [0.2, 0.25) is 0 Å². The molecule has 3 aliphatic carbocycles. The third kappa shape index (κ3) is 1.42. The van der Waals surface area contributed by atoms with Crippen LogP contribution in [0.2, 0.25) is 0 Å². The molecule has 102 valence electrons. The summed E-state index contributed by atoms with van der Waals surface area (Å²) in [4.78, 5) is 0. The maximum Gasteiger partial charge on any atom is 0.120 e. The van der Waals surface area contributed by atoms with Crippen molar-refractivity contribution in [3.63, 3.8) is 0 Å². The maximum atomic E-state index is 6.83. The van der Waals surface area contributed by atoms with Crippen LogP contribution in [0.15, 0.2) is 0 Å². The van der Waals surface area contributed by atoms with Gasteiger partial charge >= 0.3 is 0 Å². The Morgan fingerprint density at radius 2 is 1.61 bits per heavy atom. The first kappa shape index (κ1) is 11.7. The highest BCUT2D eigenvalue weighted by molar-refractivity contribution is 5.14. The summed E-state index contributed by atoms with van der Waals surface area (Å²) in [5.74, 6) is 0.901. The molecule has 2 heteroatoms. The van der Waals surface area contributed by atoms with Gasteiger partial charge in [-0.05, 0) is 63.7 Å². The third-order valence-electron chi connectivity index (χ3n) is 6.66. The SMILES string of the molecule is CC1CCC2(CC1)NCC1(CCC1)C1(CCC1)O2. The normalized spacial score (nSPS) is 44.8. The van der Waals surface area contributed by atoms with Gasteiger partial charge in [0, 0.05) is 12.0 Å². The molecule has 0 unspecified atom stereocenters. The number of hydrogen-bond acceptors (Lipinski definition) is 2. The lowest BCUT2D eigenvalue weighted by Crippen LogP contribution is -2.73. The van der Waals surface area contributed by atoms with Gasteiger partial charge in [0.1, 0.15) is 5.72 Å². The highest BCUT2D eigenvalue weighted by Crippen LogP contribution is 2.62. The van der Waals surface area contributed by atoms with Gasteiger partial charge in [-0.1, -0.05) is 13.3 Å². The second-order valence-corrected chi connectivity index (χ2v) is 7.61. The zero-order valence-electron chi connectivity index (χ0n) is 11.8. The minimum atomic E-state index is 0.0633. The van der Waals surface area contributed by atoms with Gasteiger partial charge in [-0.15, -0.1) is 0 Å². The summed E-state index contributed by atoms with van der Waals surface area (Å²) in [6, 6.07) is 0. The second kappa shape index (κ2) is 3.73. The van der Waals surface area contributed by atoms with E-state index in [1.807, 2.05) is 0 Å². The number of ether oxygens (including phenoxy) is 1. The Morgan fingerprint density at radius 3 is 2.11 bits per heavy atom. The van der Waals surface area contributed by atoms with E-state index in [1.165, 1.54) is 70.8 Å². The number of hydrogen-bond donors (Lipinski definition) is 1. The van der Waals surface area contributed by atoms with Crippen LogP contribution in [-0.4, -0.2) is 17.9 Å². The quantitative estimate of drug-likeness (QED) is 0.708. The Labute approximate surface area is 111 Å². The lowest BCUT2D eigenvalue weighted by Gasteiger charge is -2.67. The second-order valence-electron chi connectivity index (χ2n) is 7.61. The van der Waals surface area contributed by atoms with Crippen LogP contribution in [0.25, 0.3) is 0 Å². The van der Waals surface area contributed by atoms with E-state index < -0.39 is 0 Å². The average molecular weight is 249 g/mol. The fourth-order valence-corrected chi connectivity index (χ4v) is 4.88. The van der Waals surface area contributed by atoms with Crippen molar-refractivity contribution >= 4 is 0 Å². The van der Waals surface area contributed by atoms with Gasteiger partial charge in [-0.25, -0.2) is 0 Å². The molecular formula is C16H27NO. The molecule has 0 aromatic heterocycles. The minimum absolute atomic E-state index is 0.0633. The summed E-state index contributed by atoms with van der Waals surface area (Å²) >= 11 is 0. The van der Waals surface area contributed by atoms with Gasteiger partial charge in [-0.2, -0.15) is 0 Å². The van der Waals surface area contributed by atoms with E-state index in [4.69, 9.17) is 4.74 Å². The highest BCUT2D eigenvalue weighted by atomic mass is 16.5. The Morgan fingerprint density at radius 1 is 0.944 bits per heavy atom. The summed E-state index contributed by atoms with van der Waals surface area (Å²) in [5.41, 5.74) is 0.879. The van der Waals surface area contributed by atoms with Crippen LogP contribution in [0.1, 0.15) is 71.1 Å². The van der Waals surface area contributed by atoms with Crippen LogP contribution < -0.4 is 5.32 Å². The monoisotopic (exact) mass is 249 g/mol. The molecule has 3 saturated carbocycles. The largest absolute Gasteiger partial charge is 0.354 e. The predicted molar refractivity (Wildman–Crippen MR) is 72.3 cm³/mol. The molecule has 1 N–H and O–H groups in total. The fourth-order valence-electron chi connectivity index (χ4n) is 4.88. The lowest BCUT2D eigenvalue weighted by atomic mass is 9.51. The van der Waals surface area contributed by atoms with Gasteiger partial charge in [0.15, 0.2) is 0 Å². The molecule has 3 spiro atoms. The molecule has 1 aliphatic heterocycles. The molecule has 1 heterocycles. The first-order valence-corrected chi connectivity index (χ1v) is 8.13. The highest BCUT2D eigenvalue weighted by Gasteiger charge is 2.64. The van der Waals surface area contributed by atoms with E-state index in [9.17, 15) is 0 Å². The molecule has 0 aromatic rings. The molecule has 18 heavy (non-hydrogen) atoms. The zero-order valence-corrected chi connectivity index (χ0v) is 11.8. The van der Waals surface area contributed by atoms with E-state index >= 15 is 0 Å². The number of rotatable bonds is 0. The Kier molecular flexibility index (Phi) is 2.43. The van der Waals surface area contributed by atoms with Crippen molar-refractivity contribution in [3.8, 4) is 0 Å². The molecule has 4 aliphatic rings. The van der Waals surface area contributed by atoms with E-state index in [1.54, 1.807) is 0 Å². The van der Waals surface area contributed by atoms with Gasteiger partial charge in [0.25, 0.3) is 0 Å². The summed E-state index contributed by atoms with van der Waals surface area (Å²) in [7, 11) is 0. The lowest BCUT2D eigenvalue weighted by molar-refractivity contribution is -0.313. The molecule has 1 saturated heterocycles. The molecule has 0 bridgehead atoms. The molecule has 2 nitrogen and oxygen atoms in total. The first-order chi connectivity index (χ1) is 8.68. The van der Waals surface area contributed by atoms with E-state index in [2.05, 4.69) is 12.2 Å². The van der Waals surface area contributed by atoms with Crippen molar-refractivity contribution in [1.82, 2.24) is 5.32 Å². The molecule has 4 rings (SSSR count).